The first-order valence-electron chi connectivity index (χ1n) is 6.96. The molecule has 0 bridgehead atoms. The van der Waals surface area contributed by atoms with Gasteiger partial charge in [-0.2, -0.15) is 0 Å². The Morgan fingerprint density at radius 1 is 1.40 bits per heavy atom. The highest BCUT2D eigenvalue weighted by atomic mass is 19.1. The first-order valence-corrected chi connectivity index (χ1v) is 6.96. The Kier molecular flexibility index (Phi) is 6.91. The molecule has 114 valence electrons. The van der Waals surface area contributed by atoms with Crippen LogP contribution < -0.4 is 10.5 Å². The predicted molar refractivity (Wildman–Crippen MR) is 78.3 cm³/mol. The van der Waals surface area contributed by atoms with Crippen molar-refractivity contribution < 1.29 is 14.2 Å². The maximum Gasteiger partial charge on any atom is 0.125 e. The summed E-state index contributed by atoms with van der Waals surface area (Å²) in [5, 5.41) is 10.3. The fourth-order valence-corrected chi connectivity index (χ4v) is 1.89. The average Bonchev–Trinajstić information content (AvgIpc) is 2.42. The molecule has 20 heavy (non-hydrogen) atoms. The van der Waals surface area contributed by atoms with E-state index in [9.17, 15) is 9.50 Å². The third-order valence-corrected chi connectivity index (χ3v) is 3.07. The van der Waals surface area contributed by atoms with Gasteiger partial charge in [0.25, 0.3) is 0 Å². The zero-order chi connectivity index (χ0) is 15.1. The molecule has 2 atom stereocenters. The van der Waals surface area contributed by atoms with E-state index in [0.717, 1.165) is 13.0 Å². The predicted octanol–water partition coefficient (Wildman–Crippen LogP) is 1.93. The van der Waals surface area contributed by atoms with Crippen molar-refractivity contribution in [2.45, 2.75) is 31.9 Å². The number of nitrogens with two attached hydrogens (primary N) is 1. The number of rotatable bonds is 8. The molecule has 1 rings (SSSR count). The van der Waals surface area contributed by atoms with Gasteiger partial charge >= 0.3 is 0 Å². The highest BCUT2D eigenvalue weighted by Crippen LogP contribution is 2.28. The van der Waals surface area contributed by atoms with E-state index in [1.54, 1.807) is 6.07 Å². The second kappa shape index (κ2) is 8.19. The molecule has 0 radical (unpaired) electrons. The zero-order valence-corrected chi connectivity index (χ0v) is 12.5. The third kappa shape index (κ3) is 5.07. The number of nitrogens with zero attached hydrogens (tertiary/aromatic N) is 1. The lowest BCUT2D eigenvalue weighted by Gasteiger charge is -2.23. The Hall–Kier alpha value is -1.17. The van der Waals surface area contributed by atoms with Gasteiger partial charge in [0, 0.05) is 11.6 Å². The number of ether oxygens (including phenoxy) is 1. The number of halogens is 1. The fourth-order valence-electron chi connectivity index (χ4n) is 1.89. The molecule has 5 heteroatoms. The van der Waals surface area contributed by atoms with Crippen LogP contribution in [0.15, 0.2) is 18.2 Å². The molecule has 3 N–H and O–H groups in total. The molecule has 0 saturated carbocycles. The zero-order valence-electron chi connectivity index (χ0n) is 12.5. The third-order valence-electron chi connectivity index (χ3n) is 3.07. The smallest absolute Gasteiger partial charge is 0.125 e. The average molecular weight is 284 g/mol. The van der Waals surface area contributed by atoms with E-state index < -0.39 is 18.0 Å². The van der Waals surface area contributed by atoms with Crippen LogP contribution in [-0.2, 0) is 0 Å². The number of hydrogen-bond donors (Lipinski definition) is 2. The molecule has 0 aromatic heterocycles. The van der Waals surface area contributed by atoms with Gasteiger partial charge in [-0.15, -0.1) is 0 Å². The summed E-state index contributed by atoms with van der Waals surface area (Å²) in [4.78, 5) is 1.99. The van der Waals surface area contributed by atoms with Crippen LogP contribution in [-0.4, -0.2) is 43.3 Å². The van der Waals surface area contributed by atoms with Gasteiger partial charge in [-0.3, -0.25) is 0 Å². The lowest BCUT2D eigenvalue weighted by molar-refractivity contribution is 0.132. The molecule has 0 heterocycles. The van der Waals surface area contributed by atoms with Crippen molar-refractivity contribution >= 4 is 0 Å². The molecule has 0 aliphatic rings. The quantitative estimate of drug-likeness (QED) is 0.766. The highest BCUT2D eigenvalue weighted by molar-refractivity contribution is 5.36. The van der Waals surface area contributed by atoms with Crippen molar-refractivity contribution in [3.63, 3.8) is 0 Å². The van der Waals surface area contributed by atoms with Gasteiger partial charge < -0.3 is 20.5 Å². The summed E-state index contributed by atoms with van der Waals surface area (Å²) in [6, 6.07) is 3.71. The van der Waals surface area contributed by atoms with Crippen molar-refractivity contribution in [3.05, 3.63) is 29.6 Å². The first-order chi connectivity index (χ1) is 9.45. The van der Waals surface area contributed by atoms with Crippen molar-refractivity contribution in [2.24, 2.45) is 5.73 Å². The summed E-state index contributed by atoms with van der Waals surface area (Å²) in [5.74, 6) is 0.101. The van der Waals surface area contributed by atoms with Crippen LogP contribution in [0.3, 0.4) is 0 Å². The summed E-state index contributed by atoms with van der Waals surface area (Å²) in [6.07, 6.45) is 0.537. The molecule has 0 aliphatic heterocycles. The second-order valence-electron chi connectivity index (χ2n) is 5.23. The van der Waals surface area contributed by atoms with E-state index in [1.165, 1.54) is 12.1 Å². The molecule has 0 saturated heterocycles. The lowest BCUT2D eigenvalue weighted by Crippen LogP contribution is -2.32. The molecular weight excluding hydrogens is 259 g/mol. The molecular formula is C15H25FN2O2. The summed E-state index contributed by atoms with van der Waals surface area (Å²) >= 11 is 0. The van der Waals surface area contributed by atoms with Gasteiger partial charge in [0.1, 0.15) is 11.6 Å². The summed E-state index contributed by atoms with van der Waals surface area (Å²) in [7, 11) is 3.88. The summed E-state index contributed by atoms with van der Waals surface area (Å²) < 4.78 is 18.9. The van der Waals surface area contributed by atoms with Crippen molar-refractivity contribution in [2.75, 3.05) is 27.2 Å². The Morgan fingerprint density at radius 3 is 2.70 bits per heavy atom. The molecule has 2 unspecified atom stereocenters. The molecule has 0 aliphatic carbocycles. The normalized spacial score (nSPS) is 14.3. The van der Waals surface area contributed by atoms with E-state index in [4.69, 9.17) is 10.5 Å². The molecule has 0 spiro atoms. The van der Waals surface area contributed by atoms with Crippen molar-refractivity contribution in [1.82, 2.24) is 4.90 Å². The summed E-state index contributed by atoms with van der Waals surface area (Å²) in [5.41, 5.74) is 6.41. The topological polar surface area (TPSA) is 58.7 Å². The molecule has 0 fully saturated rings. The van der Waals surface area contributed by atoms with Gasteiger partial charge in [-0.05, 0) is 51.7 Å². The van der Waals surface area contributed by atoms with Gasteiger partial charge in [0.2, 0.25) is 0 Å². The Morgan fingerprint density at radius 2 is 2.10 bits per heavy atom. The minimum absolute atomic E-state index is 0.400. The number of benzene rings is 1. The number of hydrogen-bond acceptors (Lipinski definition) is 4. The van der Waals surface area contributed by atoms with Crippen LogP contribution in [0.1, 0.15) is 31.4 Å². The maximum atomic E-state index is 13.4. The van der Waals surface area contributed by atoms with Gasteiger partial charge in [0.05, 0.1) is 12.7 Å². The molecule has 1 aromatic rings. The van der Waals surface area contributed by atoms with Gasteiger partial charge in [-0.25, -0.2) is 4.39 Å². The Labute approximate surface area is 120 Å². The van der Waals surface area contributed by atoms with Crippen molar-refractivity contribution in [1.29, 1.82) is 0 Å². The maximum absolute atomic E-state index is 13.4. The van der Waals surface area contributed by atoms with E-state index >= 15 is 0 Å². The van der Waals surface area contributed by atoms with Crippen LogP contribution in [0.4, 0.5) is 4.39 Å². The molecule has 1 aromatic carbocycles. The standard InChI is InChI=1S/C15H25FN2O2/c1-4-9-20-14-6-5-11(16)10-12(14)15(19)13(17)7-8-18(2)3/h5-6,10,13,15,19H,4,7-9,17H2,1-3H3. The number of aliphatic hydroxyl groups excluding tert-OH is 1. The van der Waals surface area contributed by atoms with Gasteiger partial charge in [0.15, 0.2) is 0 Å². The van der Waals surface area contributed by atoms with Crippen LogP contribution in [0.25, 0.3) is 0 Å². The van der Waals surface area contributed by atoms with Crippen LogP contribution in [0.2, 0.25) is 0 Å². The Balaban J connectivity index is 2.83. The van der Waals surface area contributed by atoms with Crippen molar-refractivity contribution in [3.8, 4) is 5.75 Å². The minimum Gasteiger partial charge on any atom is -0.493 e. The largest absolute Gasteiger partial charge is 0.493 e. The monoisotopic (exact) mass is 284 g/mol. The van der Waals surface area contributed by atoms with Crippen LogP contribution >= 0.6 is 0 Å². The van der Waals surface area contributed by atoms with E-state index in [2.05, 4.69) is 0 Å². The number of aliphatic hydroxyl groups is 1. The Bertz CT molecular complexity index is 413. The first kappa shape index (κ1) is 16.9. The van der Waals surface area contributed by atoms with E-state index in [-0.39, 0.29) is 0 Å². The molecule has 0 amide bonds. The van der Waals surface area contributed by atoms with E-state index in [0.29, 0.717) is 24.3 Å². The second-order valence-corrected chi connectivity index (χ2v) is 5.23. The van der Waals surface area contributed by atoms with E-state index in [1.807, 2.05) is 25.9 Å². The van der Waals surface area contributed by atoms with Crippen LogP contribution in [0.5, 0.6) is 5.75 Å². The van der Waals surface area contributed by atoms with Crippen LogP contribution in [0, 0.1) is 5.82 Å². The fraction of sp³-hybridized carbons (Fsp3) is 0.600. The summed E-state index contributed by atoms with van der Waals surface area (Å²) in [6.45, 7) is 3.28. The SMILES string of the molecule is CCCOc1ccc(F)cc1C(O)C(N)CCN(C)C. The minimum atomic E-state index is -0.933. The molecule has 4 nitrogen and oxygen atoms in total. The highest BCUT2D eigenvalue weighted by Gasteiger charge is 2.21. The van der Waals surface area contributed by atoms with Gasteiger partial charge in [-0.1, -0.05) is 6.92 Å². The lowest BCUT2D eigenvalue weighted by atomic mass is 9.99.